The molecule has 1 saturated heterocycles. The van der Waals surface area contributed by atoms with Gasteiger partial charge in [-0.05, 0) is 49.5 Å². The van der Waals surface area contributed by atoms with E-state index in [0.29, 0.717) is 10.8 Å². The van der Waals surface area contributed by atoms with Crippen LogP contribution in [0.15, 0.2) is 44.5 Å². The molecule has 0 bridgehead atoms. The fourth-order valence-electron chi connectivity index (χ4n) is 2.80. The SMILES string of the molecule is O=S(=O)(NCC(c1ccco1)N1CCCCC1)c1cccs1. The van der Waals surface area contributed by atoms with E-state index in [-0.39, 0.29) is 6.04 Å². The summed E-state index contributed by atoms with van der Waals surface area (Å²) in [6, 6.07) is 7.08. The van der Waals surface area contributed by atoms with E-state index >= 15 is 0 Å². The Morgan fingerprint density at radius 3 is 2.68 bits per heavy atom. The molecule has 3 heterocycles. The molecule has 2 aromatic heterocycles. The summed E-state index contributed by atoms with van der Waals surface area (Å²) in [5, 5.41) is 1.77. The topological polar surface area (TPSA) is 62.6 Å². The summed E-state index contributed by atoms with van der Waals surface area (Å²) in [6.07, 6.45) is 5.17. The highest BCUT2D eigenvalue weighted by Gasteiger charge is 2.26. The van der Waals surface area contributed by atoms with E-state index in [1.807, 2.05) is 12.1 Å². The Hall–Kier alpha value is -1.15. The predicted molar refractivity (Wildman–Crippen MR) is 86.4 cm³/mol. The van der Waals surface area contributed by atoms with Gasteiger partial charge < -0.3 is 4.42 Å². The van der Waals surface area contributed by atoms with Crippen molar-refractivity contribution in [3.63, 3.8) is 0 Å². The van der Waals surface area contributed by atoms with Crippen LogP contribution in [0.2, 0.25) is 0 Å². The van der Waals surface area contributed by atoms with Crippen molar-refractivity contribution < 1.29 is 12.8 Å². The number of sulfonamides is 1. The molecule has 0 saturated carbocycles. The number of rotatable bonds is 6. The average molecular weight is 340 g/mol. The number of hydrogen-bond acceptors (Lipinski definition) is 5. The molecule has 7 heteroatoms. The molecule has 1 atom stereocenters. The second-order valence-corrected chi connectivity index (χ2v) is 8.35. The smallest absolute Gasteiger partial charge is 0.250 e. The third-order valence-corrected chi connectivity index (χ3v) is 6.75. The molecule has 1 unspecified atom stereocenters. The van der Waals surface area contributed by atoms with E-state index in [1.54, 1.807) is 23.8 Å². The Kier molecular flexibility index (Phi) is 4.97. The maximum atomic E-state index is 12.3. The molecule has 0 amide bonds. The Morgan fingerprint density at radius 2 is 2.05 bits per heavy atom. The van der Waals surface area contributed by atoms with Crippen LogP contribution in [0.3, 0.4) is 0 Å². The first-order chi connectivity index (χ1) is 10.7. The van der Waals surface area contributed by atoms with Crippen molar-refractivity contribution in [2.45, 2.75) is 29.5 Å². The van der Waals surface area contributed by atoms with Gasteiger partial charge in [0.2, 0.25) is 10.0 Å². The van der Waals surface area contributed by atoms with Crippen LogP contribution >= 0.6 is 11.3 Å². The highest BCUT2D eigenvalue weighted by Crippen LogP contribution is 2.25. The van der Waals surface area contributed by atoms with Crippen LogP contribution in [-0.4, -0.2) is 33.0 Å². The van der Waals surface area contributed by atoms with Crippen molar-refractivity contribution in [3.8, 4) is 0 Å². The van der Waals surface area contributed by atoms with Crippen molar-refractivity contribution in [1.29, 1.82) is 0 Å². The van der Waals surface area contributed by atoms with Crippen LogP contribution in [0.25, 0.3) is 0 Å². The maximum Gasteiger partial charge on any atom is 0.250 e. The van der Waals surface area contributed by atoms with E-state index in [9.17, 15) is 8.42 Å². The van der Waals surface area contributed by atoms with E-state index in [2.05, 4.69) is 9.62 Å². The van der Waals surface area contributed by atoms with Crippen molar-refractivity contribution in [2.75, 3.05) is 19.6 Å². The highest BCUT2D eigenvalue weighted by atomic mass is 32.2. The molecule has 1 N–H and O–H groups in total. The number of hydrogen-bond donors (Lipinski definition) is 1. The molecule has 2 aromatic rings. The summed E-state index contributed by atoms with van der Waals surface area (Å²) in [4.78, 5) is 2.30. The maximum absolute atomic E-state index is 12.3. The van der Waals surface area contributed by atoms with Gasteiger partial charge in [0.1, 0.15) is 9.97 Å². The summed E-state index contributed by atoms with van der Waals surface area (Å²) in [6.45, 7) is 2.28. The van der Waals surface area contributed by atoms with Gasteiger partial charge >= 0.3 is 0 Å². The minimum atomic E-state index is -3.44. The Labute approximate surface area is 135 Å². The van der Waals surface area contributed by atoms with Crippen molar-refractivity contribution in [1.82, 2.24) is 9.62 Å². The number of furan rings is 1. The van der Waals surface area contributed by atoms with Crippen LogP contribution in [0.1, 0.15) is 31.1 Å². The van der Waals surface area contributed by atoms with Gasteiger partial charge in [0.15, 0.2) is 0 Å². The lowest BCUT2D eigenvalue weighted by Gasteiger charge is -2.33. The average Bonchev–Trinajstić information content (AvgIpc) is 3.22. The third kappa shape index (κ3) is 3.60. The second-order valence-electron chi connectivity index (χ2n) is 5.41. The Bertz CT molecular complexity index is 660. The molecule has 3 rings (SSSR count). The molecule has 0 spiro atoms. The van der Waals surface area contributed by atoms with E-state index in [4.69, 9.17) is 4.42 Å². The van der Waals surface area contributed by atoms with Crippen molar-refractivity contribution >= 4 is 21.4 Å². The fraction of sp³-hybridized carbons (Fsp3) is 0.467. The van der Waals surface area contributed by atoms with Crippen molar-refractivity contribution in [2.24, 2.45) is 0 Å². The van der Waals surface area contributed by atoms with Gasteiger partial charge in [0.25, 0.3) is 0 Å². The van der Waals surface area contributed by atoms with E-state index in [1.165, 1.54) is 17.8 Å². The molecule has 22 heavy (non-hydrogen) atoms. The summed E-state index contributed by atoms with van der Waals surface area (Å²) < 4.78 is 33.2. The van der Waals surface area contributed by atoms with Crippen molar-refractivity contribution in [3.05, 3.63) is 41.7 Å². The third-order valence-electron chi connectivity index (χ3n) is 3.93. The fourth-order valence-corrected chi connectivity index (χ4v) is 4.87. The molecule has 1 aliphatic heterocycles. The first-order valence-corrected chi connectivity index (χ1v) is 9.84. The highest BCUT2D eigenvalue weighted by molar-refractivity contribution is 7.91. The van der Waals surface area contributed by atoms with Crippen LogP contribution in [0, 0.1) is 0 Å². The number of nitrogens with zero attached hydrogens (tertiary/aromatic N) is 1. The Morgan fingerprint density at radius 1 is 1.23 bits per heavy atom. The van der Waals surface area contributed by atoms with Gasteiger partial charge in [-0.1, -0.05) is 12.5 Å². The molecule has 5 nitrogen and oxygen atoms in total. The quantitative estimate of drug-likeness (QED) is 0.878. The lowest BCUT2D eigenvalue weighted by Crippen LogP contribution is -2.40. The molecular formula is C15H20N2O3S2. The van der Waals surface area contributed by atoms with Crippen LogP contribution in [0.4, 0.5) is 0 Å². The minimum absolute atomic E-state index is 0.0509. The van der Waals surface area contributed by atoms with Gasteiger partial charge in [0, 0.05) is 6.54 Å². The van der Waals surface area contributed by atoms with Crippen LogP contribution in [0.5, 0.6) is 0 Å². The summed E-state index contributed by atoms with van der Waals surface area (Å²) >= 11 is 1.23. The van der Waals surface area contributed by atoms with Gasteiger partial charge in [-0.3, -0.25) is 4.90 Å². The first-order valence-electron chi connectivity index (χ1n) is 7.47. The lowest BCUT2D eigenvalue weighted by molar-refractivity contribution is 0.147. The zero-order valence-electron chi connectivity index (χ0n) is 12.3. The zero-order chi connectivity index (χ0) is 15.4. The number of piperidine rings is 1. The molecule has 1 fully saturated rings. The van der Waals surface area contributed by atoms with Gasteiger partial charge in [-0.15, -0.1) is 11.3 Å². The summed E-state index contributed by atoms with van der Waals surface area (Å²) in [5.74, 6) is 0.816. The van der Waals surface area contributed by atoms with Gasteiger partial charge in [0.05, 0.1) is 12.3 Å². The molecule has 0 aliphatic carbocycles. The second kappa shape index (κ2) is 6.95. The van der Waals surface area contributed by atoms with Gasteiger partial charge in [-0.2, -0.15) is 0 Å². The van der Waals surface area contributed by atoms with E-state index in [0.717, 1.165) is 31.7 Å². The Balaban J connectivity index is 1.73. The normalized spacial score (nSPS) is 18.4. The molecule has 0 radical (unpaired) electrons. The first kappa shape index (κ1) is 15.7. The minimum Gasteiger partial charge on any atom is -0.468 e. The standard InChI is InChI=1S/C15H20N2O3S2/c18-22(19,15-7-5-11-21-15)16-12-13(14-6-4-10-20-14)17-8-2-1-3-9-17/h4-7,10-11,13,16H,1-3,8-9,12H2. The monoisotopic (exact) mass is 340 g/mol. The number of likely N-dealkylation sites (tertiary alicyclic amines) is 1. The number of nitrogens with one attached hydrogen (secondary N) is 1. The molecule has 120 valence electrons. The summed E-state index contributed by atoms with van der Waals surface area (Å²) in [7, 11) is -3.44. The van der Waals surface area contributed by atoms with Gasteiger partial charge in [-0.25, -0.2) is 13.1 Å². The molecular weight excluding hydrogens is 320 g/mol. The van der Waals surface area contributed by atoms with Crippen LogP contribution in [-0.2, 0) is 10.0 Å². The zero-order valence-corrected chi connectivity index (χ0v) is 13.9. The largest absolute Gasteiger partial charge is 0.468 e. The molecule has 1 aliphatic rings. The molecule has 0 aromatic carbocycles. The van der Waals surface area contributed by atoms with E-state index < -0.39 is 10.0 Å². The number of thiophene rings is 1. The predicted octanol–water partition coefficient (Wildman–Crippen LogP) is 2.85. The lowest BCUT2D eigenvalue weighted by atomic mass is 10.1. The van der Waals surface area contributed by atoms with Crippen LogP contribution < -0.4 is 4.72 Å². The summed E-state index contributed by atoms with van der Waals surface area (Å²) in [5.41, 5.74) is 0.